The van der Waals surface area contributed by atoms with E-state index in [1.165, 1.54) is 29.2 Å². The molecule has 1 fully saturated rings. The minimum Gasteiger partial charge on any atom is -0.480 e. The van der Waals surface area contributed by atoms with Gasteiger partial charge in [-0.1, -0.05) is 0 Å². The van der Waals surface area contributed by atoms with E-state index in [2.05, 4.69) is 0 Å². The first-order valence-corrected chi connectivity index (χ1v) is 5.36. The van der Waals surface area contributed by atoms with Crippen LogP contribution in [0.3, 0.4) is 0 Å². The Morgan fingerprint density at radius 3 is 2.35 bits per heavy atom. The summed E-state index contributed by atoms with van der Waals surface area (Å²) in [5, 5.41) is 8.78. The van der Waals surface area contributed by atoms with Crippen molar-refractivity contribution in [2.24, 2.45) is 5.92 Å². The number of hydrogen-bond acceptors (Lipinski definition) is 2. The van der Waals surface area contributed by atoms with Crippen molar-refractivity contribution in [1.29, 1.82) is 0 Å². The Kier molecular flexibility index (Phi) is 3.08. The number of anilines is 1. The number of benzene rings is 1. The SMILES string of the molecule is O=C(O)CN(C(=O)C1CC1)c1ccc(F)cc1. The topological polar surface area (TPSA) is 57.6 Å². The van der Waals surface area contributed by atoms with Crippen molar-refractivity contribution in [2.45, 2.75) is 12.8 Å². The van der Waals surface area contributed by atoms with E-state index in [0.717, 1.165) is 12.8 Å². The highest BCUT2D eigenvalue weighted by atomic mass is 19.1. The molecule has 1 aromatic rings. The number of carbonyl (C=O) groups excluding carboxylic acids is 1. The number of halogens is 1. The molecule has 90 valence electrons. The molecule has 4 nitrogen and oxygen atoms in total. The third-order valence-electron chi connectivity index (χ3n) is 2.62. The van der Waals surface area contributed by atoms with Crippen LogP contribution in [0.25, 0.3) is 0 Å². The number of aliphatic carboxylic acids is 1. The lowest BCUT2D eigenvalue weighted by Crippen LogP contribution is -2.36. The third-order valence-corrected chi connectivity index (χ3v) is 2.62. The van der Waals surface area contributed by atoms with Gasteiger partial charge in [0.05, 0.1) is 0 Å². The maximum absolute atomic E-state index is 12.8. The maximum atomic E-state index is 12.8. The monoisotopic (exact) mass is 237 g/mol. The van der Waals surface area contributed by atoms with Crippen molar-refractivity contribution < 1.29 is 19.1 Å². The molecular formula is C12H12FNO3. The van der Waals surface area contributed by atoms with E-state index in [1.807, 2.05) is 0 Å². The van der Waals surface area contributed by atoms with E-state index in [1.54, 1.807) is 0 Å². The summed E-state index contributed by atoms with van der Waals surface area (Å²) < 4.78 is 12.8. The summed E-state index contributed by atoms with van der Waals surface area (Å²) >= 11 is 0. The van der Waals surface area contributed by atoms with E-state index in [4.69, 9.17) is 5.11 Å². The molecule has 1 aliphatic rings. The van der Waals surface area contributed by atoms with E-state index in [-0.39, 0.29) is 18.4 Å². The number of carboxylic acid groups (broad SMARTS) is 1. The number of hydrogen-bond donors (Lipinski definition) is 1. The van der Waals surface area contributed by atoms with Gasteiger partial charge in [0.15, 0.2) is 0 Å². The van der Waals surface area contributed by atoms with Gasteiger partial charge in [0.2, 0.25) is 5.91 Å². The Labute approximate surface area is 97.7 Å². The molecule has 0 aliphatic heterocycles. The van der Waals surface area contributed by atoms with Gasteiger partial charge in [0, 0.05) is 11.6 Å². The fourth-order valence-corrected chi connectivity index (χ4v) is 1.60. The molecule has 1 saturated carbocycles. The summed E-state index contributed by atoms with van der Waals surface area (Å²) in [7, 11) is 0. The van der Waals surface area contributed by atoms with Crippen LogP contribution in [0, 0.1) is 11.7 Å². The summed E-state index contributed by atoms with van der Waals surface area (Å²) in [6.07, 6.45) is 1.60. The van der Waals surface area contributed by atoms with Crippen LogP contribution in [-0.4, -0.2) is 23.5 Å². The molecule has 1 aromatic carbocycles. The van der Waals surface area contributed by atoms with E-state index in [9.17, 15) is 14.0 Å². The zero-order valence-electron chi connectivity index (χ0n) is 9.10. The molecule has 0 radical (unpaired) electrons. The number of rotatable bonds is 4. The minimum atomic E-state index is -1.08. The Hall–Kier alpha value is -1.91. The number of amides is 1. The first kappa shape index (κ1) is 11.6. The van der Waals surface area contributed by atoms with Gasteiger partial charge >= 0.3 is 5.97 Å². The van der Waals surface area contributed by atoms with Crippen molar-refractivity contribution >= 4 is 17.6 Å². The van der Waals surface area contributed by atoms with Crippen LogP contribution < -0.4 is 4.90 Å². The van der Waals surface area contributed by atoms with Gasteiger partial charge in [0.1, 0.15) is 12.4 Å². The van der Waals surface area contributed by atoms with E-state index in [0.29, 0.717) is 5.69 Å². The molecule has 5 heteroatoms. The molecule has 2 rings (SSSR count). The smallest absolute Gasteiger partial charge is 0.323 e. The molecule has 1 amide bonds. The second-order valence-corrected chi connectivity index (χ2v) is 4.07. The first-order valence-electron chi connectivity index (χ1n) is 5.36. The van der Waals surface area contributed by atoms with Crippen molar-refractivity contribution in [1.82, 2.24) is 0 Å². The number of carbonyl (C=O) groups is 2. The highest BCUT2D eigenvalue weighted by Gasteiger charge is 2.34. The highest BCUT2D eigenvalue weighted by Crippen LogP contribution is 2.32. The highest BCUT2D eigenvalue weighted by molar-refractivity contribution is 5.99. The summed E-state index contributed by atoms with van der Waals surface area (Å²) in [6, 6.07) is 5.26. The Morgan fingerprint density at radius 1 is 1.29 bits per heavy atom. The zero-order valence-corrected chi connectivity index (χ0v) is 9.10. The first-order chi connectivity index (χ1) is 8.08. The predicted molar refractivity (Wildman–Crippen MR) is 59.1 cm³/mol. The molecular weight excluding hydrogens is 225 g/mol. The van der Waals surface area contributed by atoms with Crippen LogP contribution in [0.15, 0.2) is 24.3 Å². The van der Waals surface area contributed by atoms with Crippen LogP contribution in [0.5, 0.6) is 0 Å². The van der Waals surface area contributed by atoms with Gasteiger partial charge in [0.25, 0.3) is 0 Å². The van der Waals surface area contributed by atoms with Gasteiger partial charge in [-0.3, -0.25) is 9.59 Å². The van der Waals surface area contributed by atoms with Crippen molar-refractivity contribution in [3.63, 3.8) is 0 Å². The van der Waals surface area contributed by atoms with Crippen LogP contribution in [0.2, 0.25) is 0 Å². The molecule has 1 N–H and O–H groups in total. The minimum absolute atomic E-state index is 0.0700. The average Bonchev–Trinajstić information content (AvgIpc) is 3.10. The molecule has 0 atom stereocenters. The van der Waals surface area contributed by atoms with Crippen LogP contribution >= 0.6 is 0 Å². The molecule has 0 bridgehead atoms. The Balaban J connectivity index is 2.22. The van der Waals surface area contributed by atoms with Gasteiger partial charge in [-0.05, 0) is 37.1 Å². The molecule has 0 unspecified atom stereocenters. The van der Waals surface area contributed by atoms with Crippen molar-refractivity contribution in [3.05, 3.63) is 30.1 Å². The maximum Gasteiger partial charge on any atom is 0.323 e. The Morgan fingerprint density at radius 2 is 1.88 bits per heavy atom. The molecule has 0 spiro atoms. The molecule has 17 heavy (non-hydrogen) atoms. The summed E-state index contributed by atoms with van der Waals surface area (Å²) in [5.41, 5.74) is 0.422. The standard InChI is InChI=1S/C12H12FNO3/c13-9-3-5-10(6-4-9)14(7-11(15)16)12(17)8-1-2-8/h3-6,8H,1-2,7H2,(H,15,16). The molecule has 1 aliphatic carbocycles. The summed E-state index contributed by atoms with van der Waals surface area (Å²) in [4.78, 5) is 23.8. The average molecular weight is 237 g/mol. The second-order valence-electron chi connectivity index (χ2n) is 4.07. The lowest BCUT2D eigenvalue weighted by molar-refractivity contribution is -0.136. The van der Waals surface area contributed by atoms with Gasteiger partial charge in [-0.15, -0.1) is 0 Å². The lowest BCUT2D eigenvalue weighted by atomic mass is 10.2. The predicted octanol–water partition coefficient (Wildman–Crippen LogP) is 1.65. The Bertz CT molecular complexity index is 440. The van der Waals surface area contributed by atoms with Crippen LogP contribution in [0.4, 0.5) is 10.1 Å². The van der Waals surface area contributed by atoms with Crippen molar-refractivity contribution in [2.75, 3.05) is 11.4 Å². The quantitative estimate of drug-likeness (QED) is 0.866. The number of nitrogens with zero attached hydrogens (tertiary/aromatic N) is 1. The van der Waals surface area contributed by atoms with E-state index >= 15 is 0 Å². The number of carboxylic acids is 1. The zero-order chi connectivity index (χ0) is 12.4. The van der Waals surface area contributed by atoms with Crippen LogP contribution in [0.1, 0.15) is 12.8 Å². The van der Waals surface area contributed by atoms with Gasteiger partial charge < -0.3 is 10.0 Å². The fourth-order valence-electron chi connectivity index (χ4n) is 1.60. The van der Waals surface area contributed by atoms with Gasteiger partial charge in [-0.25, -0.2) is 4.39 Å². The molecule has 0 heterocycles. The van der Waals surface area contributed by atoms with Gasteiger partial charge in [-0.2, -0.15) is 0 Å². The lowest BCUT2D eigenvalue weighted by Gasteiger charge is -2.20. The normalized spacial score (nSPS) is 14.4. The van der Waals surface area contributed by atoms with Crippen LogP contribution in [-0.2, 0) is 9.59 Å². The second kappa shape index (κ2) is 4.53. The summed E-state index contributed by atoms with van der Waals surface area (Å²) in [5.74, 6) is -1.76. The molecule has 0 aromatic heterocycles. The molecule has 0 saturated heterocycles. The van der Waals surface area contributed by atoms with Crippen molar-refractivity contribution in [3.8, 4) is 0 Å². The fraction of sp³-hybridized carbons (Fsp3) is 0.333. The van der Waals surface area contributed by atoms with E-state index < -0.39 is 11.8 Å². The third kappa shape index (κ3) is 2.81. The summed E-state index contributed by atoms with van der Waals surface area (Å²) in [6.45, 7) is -0.388. The largest absolute Gasteiger partial charge is 0.480 e.